The van der Waals surface area contributed by atoms with E-state index in [1.807, 2.05) is 6.20 Å². The topological polar surface area (TPSA) is 31.4 Å². The molecule has 1 N–H and O–H groups in total. The van der Waals surface area contributed by atoms with Crippen LogP contribution in [-0.4, -0.2) is 50.2 Å². The van der Waals surface area contributed by atoms with Crippen LogP contribution in [0.1, 0.15) is 17.7 Å². The highest BCUT2D eigenvalue weighted by Crippen LogP contribution is 2.23. The SMILES string of the molecule is CN(C)CCN(C)c1ncc(CNC2CC2)s1. The van der Waals surface area contributed by atoms with Gasteiger partial charge in [0.15, 0.2) is 5.13 Å². The predicted octanol–water partition coefficient (Wildman–Crippen LogP) is 1.39. The second-order valence-electron chi connectivity index (χ2n) is 4.99. The van der Waals surface area contributed by atoms with Crippen molar-refractivity contribution in [1.82, 2.24) is 15.2 Å². The Kier molecular flexibility index (Phi) is 4.36. The monoisotopic (exact) mass is 254 g/mol. The minimum absolute atomic E-state index is 0.770. The predicted molar refractivity (Wildman–Crippen MR) is 73.8 cm³/mol. The third-order valence-electron chi connectivity index (χ3n) is 2.89. The molecule has 0 spiro atoms. The average molecular weight is 254 g/mol. The summed E-state index contributed by atoms with van der Waals surface area (Å²) in [6.45, 7) is 3.06. The van der Waals surface area contributed by atoms with E-state index in [2.05, 4.69) is 41.2 Å². The van der Waals surface area contributed by atoms with Crippen LogP contribution in [0.2, 0.25) is 0 Å². The molecule has 1 saturated carbocycles. The van der Waals surface area contributed by atoms with Crippen LogP contribution in [0, 0.1) is 0 Å². The van der Waals surface area contributed by atoms with Gasteiger partial charge in [-0.3, -0.25) is 0 Å². The van der Waals surface area contributed by atoms with Crippen molar-refractivity contribution < 1.29 is 0 Å². The van der Waals surface area contributed by atoms with Crippen LogP contribution in [-0.2, 0) is 6.54 Å². The van der Waals surface area contributed by atoms with Crippen molar-refractivity contribution in [2.45, 2.75) is 25.4 Å². The zero-order valence-corrected chi connectivity index (χ0v) is 11.8. The molecule has 1 aromatic heterocycles. The third-order valence-corrected chi connectivity index (χ3v) is 4.00. The Labute approximate surface area is 108 Å². The smallest absolute Gasteiger partial charge is 0.185 e. The van der Waals surface area contributed by atoms with E-state index in [0.717, 1.165) is 30.8 Å². The maximum absolute atomic E-state index is 4.48. The largest absolute Gasteiger partial charge is 0.350 e. The molecule has 0 aliphatic heterocycles. The molecule has 2 rings (SSSR count). The maximum atomic E-state index is 4.48. The molecule has 17 heavy (non-hydrogen) atoms. The molecule has 1 aliphatic carbocycles. The maximum Gasteiger partial charge on any atom is 0.185 e. The number of hydrogen-bond donors (Lipinski definition) is 1. The second-order valence-corrected chi connectivity index (χ2v) is 6.08. The van der Waals surface area contributed by atoms with Gasteiger partial charge in [-0.05, 0) is 26.9 Å². The fourth-order valence-electron chi connectivity index (χ4n) is 1.53. The number of rotatable bonds is 7. The first-order valence-electron chi connectivity index (χ1n) is 6.19. The van der Waals surface area contributed by atoms with Gasteiger partial charge in [0.05, 0.1) is 0 Å². The van der Waals surface area contributed by atoms with E-state index in [1.165, 1.54) is 17.7 Å². The molecule has 0 unspecified atom stereocenters. The zero-order valence-electron chi connectivity index (χ0n) is 10.9. The summed E-state index contributed by atoms with van der Waals surface area (Å²) in [5, 5.41) is 4.64. The highest BCUT2D eigenvalue weighted by molar-refractivity contribution is 7.15. The zero-order chi connectivity index (χ0) is 12.3. The van der Waals surface area contributed by atoms with E-state index in [0.29, 0.717) is 0 Å². The van der Waals surface area contributed by atoms with E-state index >= 15 is 0 Å². The fourth-order valence-corrected chi connectivity index (χ4v) is 2.38. The van der Waals surface area contributed by atoms with E-state index in [1.54, 1.807) is 11.3 Å². The molecule has 0 amide bonds. The van der Waals surface area contributed by atoms with Gasteiger partial charge < -0.3 is 15.1 Å². The molecular weight excluding hydrogens is 232 g/mol. The van der Waals surface area contributed by atoms with Crippen molar-refractivity contribution in [3.05, 3.63) is 11.1 Å². The molecule has 1 aromatic rings. The molecule has 1 aliphatic rings. The highest BCUT2D eigenvalue weighted by atomic mass is 32.1. The molecule has 0 aromatic carbocycles. The van der Waals surface area contributed by atoms with Crippen LogP contribution in [0.25, 0.3) is 0 Å². The van der Waals surface area contributed by atoms with E-state index in [4.69, 9.17) is 0 Å². The molecule has 5 heteroatoms. The number of likely N-dealkylation sites (N-methyl/N-ethyl adjacent to an activating group) is 2. The number of aromatic nitrogens is 1. The number of hydrogen-bond acceptors (Lipinski definition) is 5. The second kappa shape index (κ2) is 5.80. The lowest BCUT2D eigenvalue weighted by Gasteiger charge is -2.18. The summed E-state index contributed by atoms with van der Waals surface area (Å²) in [6.07, 6.45) is 4.68. The summed E-state index contributed by atoms with van der Waals surface area (Å²) in [4.78, 5) is 10.2. The Morgan fingerprint density at radius 2 is 2.12 bits per heavy atom. The van der Waals surface area contributed by atoms with Crippen molar-refractivity contribution in [2.24, 2.45) is 0 Å². The van der Waals surface area contributed by atoms with Crippen LogP contribution in [0.3, 0.4) is 0 Å². The summed E-state index contributed by atoms with van der Waals surface area (Å²) in [7, 11) is 6.31. The number of nitrogens with one attached hydrogen (secondary N) is 1. The van der Waals surface area contributed by atoms with Crippen LogP contribution >= 0.6 is 11.3 Å². The Bertz CT molecular complexity index is 346. The van der Waals surface area contributed by atoms with Gasteiger partial charge in [-0.2, -0.15) is 0 Å². The molecule has 0 saturated heterocycles. The van der Waals surface area contributed by atoms with Crippen LogP contribution in [0.4, 0.5) is 5.13 Å². The summed E-state index contributed by atoms with van der Waals surface area (Å²) >= 11 is 1.80. The first-order valence-corrected chi connectivity index (χ1v) is 7.01. The van der Waals surface area contributed by atoms with E-state index in [9.17, 15) is 0 Å². The molecule has 4 nitrogen and oxygen atoms in total. The lowest BCUT2D eigenvalue weighted by Crippen LogP contribution is -2.28. The van der Waals surface area contributed by atoms with Crippen molar-refractivity contribution in [1.29, 1.82) is 0 Å². The van der Waals surface area contributed by atoms with Gasteiger partial charge >= 0.3 is 0 Å². The minimum Gasteiger partial charge on any atom is -0.350 e. The van der Waals surface area contributed by atoms with Gasteiger partial charge in [-0.1, -0.05) is 0 Å². The highest BCUT2D eigenvalue weighted by Gasteiger charge is 2.20. The van der Waals surface area contributed by atoms with Crippen molar-refractivity contribution >= 4 is 16.5 Å². The van der Waals surface area contributed by atoms with Gasteiger partial charge in [0.2, 0.25) is 0 Å². The van der Waals surface area contributed by atoms with Crippen LogP contribution < -0.4 is 10.2 Å². The van der Waals surface area contributed by atoms with Gasteiger partial charge in [0.1, 0.15) is 0 Å². The normalized spacial score (nSPS) is 15.5. The van der Waals surface area contributed by atoms with Crippen molar-refractivity contribution in [2.75, 3.05) is 39.1 Å². The quantitative estimate of drug-likeness (QED) is 0.797. The molecular formula is C12H22N4S. The standard InChI is InChI=1S/C12H22N4S/c1-15(2)6-7-16(3)12-14-9-11(17-12)8-13-10-4-5-10/h9-10,13H,4-8H2,1-3H3. The van der Waals surface area contributed by atoms with Gasteiger partial charge in [0, 0.05) is 43.8 Å². The van der Waals surface area contributed by atoms with Crippen molar-refractivity contribution in [3.63, 3.8) is 0 Å². The van der Waals surface area contributed by atoms with Crippen LogP contribution in [0.5, 0.6) is 0 Å². The van der Waals surface area contributed by atoms with Crippen LogP contribution in [0.15, 0.2) is 6.20 Å². The fraction of sp³-hybridized carbons (Fsp3) is 0.750. The number of nitrogens with zero attached hydrogens (tertiary/aromatic N) is 3. The Hall–Kier alpha value is -0.650. The first-order chi connectivity index (χ1) is 8.15. The number of anilines is 1. The summed E-state index contributed by atoms with van der Waals surface area (Å²) < 4.78 is 0. The molecule has 96 valence electrons. The summed E-state index contributed by atoms with van der Waals surface area (Å²) in [5.41, 5.74) is 0. The molecule has 1 heterocycles. The first kappa shape index (κ1) is 12.8. The molecule has 0 atom stereocenters. The Morgan fingerprint density at radius 1 is 1.35 bits per heavy atom. The Balaban J connectivity index is 1.78. The minimum atomic E-state index is 0.770. The lowest BCUT2D eigenvalue weighted by atomic mass is 10.5. The number of thiazole rings is 1. The summed E-state index contributed by atoms with van der Waals surface area (Å²) in [6, 6.07) is 0.770. The van der Waals surface area contributed by atoms with Crippen molar-refractivity contribution in [3.8, 4) is 0 Å². The van der Waals surface area contributed by atoms with Gasteiger partial charge in [-0.25, -0.2) is 4.98 Å². The molecule has 1 fully saturated rings. The molecule has 0 bridgehead atoms. The summed E-state index contributed by atoms with van der Waals surface area (Å²) in [5.74, 6) is 0. The third kappa shape index (κ3) is 4.26. The van der Waals surface area contributed by atoms with Gasteiger partial charge in [-0.15, -0.1) is 11.3 Å². The Morgan fingerprint density at radius 3 is 2.76 bits per heavy atom. The van der Waals surface area contributed by atoms with Gasteiger partial charge in [0.25, 0.3) is 0 Å². The van der Waals surface area contributed by atoms with E-state index in [-0.39, 0.29) is 0 Å². The lowest BCUT2D eigenvalue weighted by molar-refractivity contribution is 0.416. The molecule has 0 radical (unpaired) electrons. The van der Waals surface area contributed by atoms with E-state index < -0.39 is 0 Å². The average Bonchev–Trinajstić information content (AvgIpc) is 3.00.